The number of hydrogen-bond acceptors (Lipinski definition) is 7. The zero-order chi connectivity index (χ0) is 11.5. The summed E-state index contributed by atoms with van der Waals surface area (Å²) in [4.78, 5) is 11.3. The van der Waals surface area contributed by atoms with E-state index in [0.717, 1.165) is 16.0 Å². The van der Waals surface area contributed by atoms with Gasteiger partial charge < -0.3 is 10.0 Å². The van der Waals surface area contributed by atoms with Crippen LogP contribution in [0.3, 0.4) is 0 Å². The lowest BCUT2D eigenvalue weighted by Crippen LogP contribution is -2.23. The van der Waals surface area contributed by atoms with Gasteiger partial charge in [-0.05, 0) is 11.4 Å². The Morgan fingerprint density at radius 2 is 2.38 bits per heavy atom. The molecule has 0 aliphatic rings. The number of likely N-dealkylation sites (N-methyl/N-ethyl adjacent to an activating group) is 1. The SMILES string of the molecule is CN(CCO)c1nc(NN)nc2sccc12. The average molecular weight is 239 g/mol. The molecule has 0 unspecified atom stereocenters. The average Bonchev–Trinajstić information content (AvgIpc) is 2.75. The second-order valence-corrected chi connectivity index (χ2v) is 4.19. The van der Waals surface area contributed by atoms with Crippen molar-refractivity contribution in [1.29, 1.82) is 0 Å². The van der Waals surface area contributed by atoms with Crippen LogP contribution in [0.4, 0.5) is 11.8 Å². The molecule has 86 valence electrons. The Morgan fingerprint density at radius 1 is 1.56 bits per heavy atom. The van der Waals surface area contributed by atoms with Crippen molar-refractivity contribution >= 4 is 33.3 Å². The fourth-order valence-electron chi connectivity index (χ4n) is 1.45. The number of hydrogen-bond donors (Lipinski definition) is 3. The van der Waals surface area contributed by atoms with E-state index in [-0.39, 0.29) is 6.61 Å². The maximum atomic E-state index is 8.92. The van der Waals surface area contributed by atoms with E-state index in [4.69, 9.17) is 10.9 Å². The molecule has 0 aliphatic carbocycles. The third-order valence-electron chi connectivity index (χ3n) is 2.23. The predicted molar refractivity (Wildman–Crippen MR) is 65.6 cm³/mol. The minimum absolute atomic E-state index is 0.0809. The molecule has 0 spiro atoms. The van der Waals surface area contributed by atoms with Crippen LogP contribution in [0.5, 0.6) is 0 Å². The van der Waals surface area contributed by atoms with Crippen LogP contribution in [0.15, 0.2) is 11.4 Å². The first-order valence-electron chi connectivity index (χ1n) is 4.80. The number of aromatic nitrogens is 2. The molecule has 4 N–H and O–H groups in total. The van der Waals surface area contributed by atoms with Crippen molar-refractivity contribution in [3.8, 4) is 0 Å². The molecule has 6 nitrogen and oxygen atoms in total. The van der Waals surface area contributed by atoms with Gasteiger partial charge in [0.25, 0.3) is 0 Å². The number of hydrazine groups is 1. The summed E-state index contributed by atoms with van der Waals surface area (Å²) in [6.45, 7) is 0.601. The van der Waals surface area contributed by atoms with E-state index in [9.17, 15) is 0 Å². The van der Waals surface area contributed by atoms with Crippen LogP contribution in [0, 0.1) is 0 Å². The number of nitrogen functional groups attached to an aromatic ring is 1. The highest BCUT2D eigenvalue weighted by molar-refractivity contribution is 7.16. The van der Waals surface area contributed by atoms with E-state index in [1.807, 2.05) is 23.4 Å². The second kappa shape index (κ2) is 4.60. The number of aliphatic hydroxyl groups excluding tert-OH is 1. The molecular formula is C9H13N5OS. The zero-order valence-corrected chi connectivity index (χ0v) is 9.66. The van der Waals surface area contributed by atoms with E-state index in [2.05, 4.69) is 15.4 Å². The Kier molecular flexibility index (Phi) is 3.18. The van der Waals surface area contributed by atoms with Gasteiger partial charge in [0.05, 0.1) is 12.0 Å². The number of aliphatic hydroxyl groups is 1. The highest BCUT2D eigenvalue weighted by atomic mass is 32.1. The van der Waals surface area contributed by atoms with Gasteiger partial charge in [-0.3, -0.25) is 5.43 Å². The minimum Gasteiger partial charge on any atom is -0.395 e. The predicted octanol–water partition coefficient (Wildman–Crippen LogP) is 0.405. The monoisotopic (exact) mass is 239 g/mol. The Hall–Kier alpha value is -1.44. The first-order valence-corrected chi connectivity index (χ1v) is 5.68. The molecule has 0 aromatic carbocycles. The molecule has 0 amide bonds. The van der Waals surface area contributed by atoms with E-state index in [1.54, 1.807) is 0 Å². The summed E-state index contributed by atoms with van der Waals surface area (Å²) in [6, 6.07) is 1.96. The van der Waals surface area contributed by atoms with Crippen molar-refractivity contribution in [2.24, 2.45) is 5.84 Å². The van der Waals surface area contributed by atoms with Crippen LogP contribution < -0.4 is 16.2 Å². The Labute approximate surface area is 96.7 Å². The van der Waals surface area contributed by atoms with Crippen LogP contribution in [0.25, 0.3) is 10.2 Å². The van der Waals surface area contributed by atoms with Crippen molar-refractivity contribution in [3.05, 3.63) is 11.4 Å². The van der Waals surface area contributed by atoms with Gasteiger partial charge in [-0.2, -0.15) is 4.98 Å². The van der Waals surface area contributed by atoms with Crippen LogP contribution in [-0.2, 0) is 0 Å². The zero-order valence-electron chi connectivity index (χ0n) is 8.84. The van der Waals surface area contributed by atoms with E-state index in [0.29, 0.717) is 12.5 Å². The number of nitrogens with zero attached hydrogens (tertiary/aromatic N) is 3. The van der Waals surface area contributed by atoms with Gasteiger partial charge >= 0.3 is 0 Å². The van der Waals surface area contributed by atoms with Gasteiger partial charge in [0.1, 0.15) is 10.6 Å². The van der Waals surface area contributed by atoms with Crippen molar-refractivity contribution in [2.75, 3.05) is 30.5 Å². The van der Waals surface area contributed by atoms with Gasteiger partial charge in [0.2, 0.25) is 5.95 Å². The van der Waals surface area contributed by atoms with Gasteiger partial charge in [-0.15, -0.1) is 11.3 Å². The van der Waals surface area contributed by atoms with E-state index >= 15 is 0 Å². The molecule has 0 bridgehead atoms. The molecule has 2 heterocycles. The van der Waals surface area contributed by atoms with E-state index < -0.39 is 0 Å². The standard InChI is InChI=1S/C9H13N5OS/c1-14(3-4-15)7-6-2-5-16-8(6)12-9(11-7)13-10/h2,5,15H,3-4,10H2,1H3,(H,11,12,13). The molecule has 0 saturated carbocycles. The molecule has 2 aromatic rings. The molecule has 7 heteroatoms. The molecule has 16 heavy (non-hydrogen) atoms. The summed E-state index contributed by atoms with van der Waals surface area (Å²) in [5.41, 5.74) is 2.44. The third-order valence-corrected chi connectivity index (χ3v) is 3.04. The lowest BCUT2D eigenvalue weighted by atomic mass is 10.3. The summed E-state index contributed by atoms with van der Waals surface area (Å²) >= 11 is 1.53. The van der Waals surface area contributed by atoms with Crippen molar-refractivity contribution in [3.63, 3.8) is 0 Å². The second-order valence-electron chi connectivity index (χ2n) is 3.30. The number of nitrogens with one attached hydrogen (secondary N) is 1. The summed E-state index contributed by atoms with van der Waals surface area (Å²) in [6.07, 6.45) is 0. The third kappa shape index (κ3) is 1.92. The topological polar surface area (TPSA) is 87.3 Å². The lowest BCUT2D eigenvalue weighted by Gasteiger charge is -2.18. The number of fused-ring (bicyclic) bond motifs is 1. The highest BCUT2D eigenvalue weighted by Crippen LogP contribution is 2.27. The van der Waals surface area contributed by atoms with Gasteiger partial charge in [0, 0.05) is 13.6 Å². The van der Waals surface area contributed by atoms with Crippen LogP contribution in [-0.4, -0.2) is 35.3 Å². The maximum Gasteiger partial charge on any atom is 0.240 e. The number of anilines is 2. The molecule has 2 aromatic heterocycles. The fourth-order valence-corrected chi connectivity index (χ4v) is 2.21. The number of rotatable bonds is 4. The first kappa shape index (κ1) is 11.1. The molecule has 0 atom stereocenters. The van der Waals surface area contributed by atoms with Crippen LogP contribution in [0.1, 0.15) is 0 Å². The normalized spacial score (nSPS) is 10.7. The van der Waals surface area contributed by atoms with Gasteiger partial charge in [-0.25, -0.2) is 10.8 Å². The largest absolute Gasteiger partial charge is 0.395 e. The molecule has 0 fully saturated rings. The van der Waals surface area contributed by atoms with E-state index in [1.165, 1.54) is 11.3 Å². The number of thiophene rings is 1. The van der Waals surface area contributed by atoms with Gasteiger partial charge in [-0.1, -0.05) is 0 Å². The van der Waals surface area contributed by atoms with Crippen molar-refractivity contribution in [2.45, 2.75) is 0 Å². The van der Waals surface area contributed by atoms with Gasteiger partial charge in [0.15, 0.2) is 0 Å². The molecule has 2 rings (SSSR count). The van der Waals surface area contributed by atoms with Crippen LogP contribution >= 0.6 is 11.3 Å². The maximum absolute atomic E-state index is 8.92. The lowest BCUT2D eigenvalue weighted by molar-refractivity contribution is 0.304. The summed E-state index contributed by atoms with van der Waals surface area (Å²) in [7, 11) is 1.87. The Balaban J connectivity index is 2.51. The van der Waals surface area contributed by atoms with Crippen LogP contribution in [0.2, 0.25) is 0 Å². The summed E-state index contributed by atoms with van der Waals surface area (Å²) in [5.74, 6) is 6.47. The highest BCUT2D eigenvalue weighted by Gasteiger charge is 2.11. The minimum atomic E-state index is 0.0809. The smallest absolute Gasteiger partial charge is 0.240 e. The fraction of sp³-hybridized carbons (Fsp3) is 0.333. The molecule has 0 radical (unpaired) electrons. The Bertz CT molecular complexity index is 486. The summed E-state index contributed by atoms with van der Waals surface area (Å²) in [5, 5.41) is 11.9. The number of nitrogens with two attached hydrogens (primary N) is 1. The molecule has 0 saturated heterocycles. The molecular weight excluding hydrogens is 226 g/mol. The summed E-state index contributed by atoms with van der Waals surface area (Å²) < 4.78 is 0. The van der Waals surface area contributed by atoms with Crippen molar-refractivity contribution in [1.82, 2.24) is 9.97 Å². The first-order chi connectivity index (χ1) is 7.76. The Morgan fingerprint density at radius 3 is 3.06 bits per heavy atom. The van der Waals surface area contributed by atoms with Crippen molar-refractivity contribution < 1.29 is 5.11 Å². The quantitative estimate of drug-likeness (QED) is 0.529. The molecule has 0 aliphatic heterocycles.